The number of anilines is 1. The van der Waals surface area contributed by atoms with E-state index < -0.39 is 0 Å². The van der Waals surface area contributed by atoms with Crippen LogP contribution in [-0.4, -0.2) is 49.7 Å². The molecule has 4 heteroatoms. The smallest absolute Gasteiger partial charge is 0.132 e. The number of piperazine rings is 1. The van der Waals surface area contributed by atoms with Crippen molar-refractivity contribution in [3.8, 4) is 5.75 Å². The Bertz CT molecular complexity index is 676. The summed E-state index contributed by atoms with van der Waals surface area (Å²) in [5.74, 6) is 1.87. The lowest BCUT2D eigenvalue weighted by molar-refractivity contribution is 0.278. The number of methoxy groups -OCH3 is 1. The molecule has 0 amide bonds. The fourth-order valence-corrected chi connectivity index (χ4v) is 3.07. The molecule has 1 saturated heterocycles. The topological polar surface area (TPSA) is 28.6 Å². The zero-order chi connectivity index (χ0) is 16.8. The van der Waals surface area contributed by atoms with Gasteiger partial charge in [0.1, 0.15) is 11.6 Å². The second kappa shape index (κ2) is 7.97. The van der Waals surface area contributed by atoms with Crippen molar-refractivity contribution in [1.29, 1.82) is 0 Å². The maximum Gasteiger partial charge on any atom is 0.132 e. The number of benzene rings is 1. The van der Waals surface area contributed by atoms with E-state index in [4.69, 9.17) is 4.74 Å². The molecule has 2 aromatic rings. The average molecular weight is 323 g/mol. The van der Waals surface area contributed by atoms with Crippen molar-refractivity contribution in [2.45, 2.75) is 6.92 Å². The molecule has 24 heavy (non-hydrogen) atoms. The van der Waals surface area contributed by atoms with Gasteiger partial charge in [0.15, 0.2) is 0 Å². The van der Waals surface area contributed by atoms with Gasteiger partial charge in [0.25, 0.3) is 0 Å². The number of ether oxygens (including phenoxy) is 1. The summed E-state index contributed by atoms with van der Waals surface area (Å²) in [6.07, 6.45) is 4.09. The zero-order valence-corrected chi connectivity index (χ0v) is 14.5. The number of hydrogen-bond acceptors (Lipinski definition) is 4. The molecule has 0 radical (unpaired) electrons. The third-order valence-corrected chi connectivity index (χ3v) is 4.33. The summed E-state index contributed by atoms with van der Waals surface area (Å²) in [5, 5.41) is 0. The molecular weight excluding hydrogens is 298 g/mol. The van der Waals surface area contributed by atoms with Gasteiger partial charge in [-0.05, 0) is 18.6 Å². The van der Waals surface area contributed by atoms with E-state index in [2.05, 4.69) is 58.1 Å². The Labute approximate surface area is 144 Å². The quantitative estimate of drug-likeness (QED) is 0.844. The Hall–Kier alpha value is -2.33. The lowest BCUT2D eigenvalue weighted by atomic mass is 10.1. The molecule has 1 fully saturated rings. The van der Waals surface area contributed by atoms with Gasteiger partial charge in [0.2, 0.25) is 0 Å². The number of nitrogens with zero attached hydrogens (tertiary/aromatic N) is 3. The Morgan fingerprint density at radius 2 is 1.88 bits per heavy atom. The van der Waals surface area contributed by atoms with Crippen LogP contribution >= 0.6 is 0 Å². The van der Waals surface area contributed by atoms with Crippen molar-refractivity contribution in [3.63, 3.8) is 0 Å². The van der Waals surface area contributed by atoms with Crippen molar-refractivity contribution in [1.82, 2.24) is 9.88 Å². The van der Waals surface area contributed by atoms with Gasteiger partial charge >= 0.3 is 0 Å². The lowest BCUT2D eigenvalue weighted by Crippen LogP contribution is -2.47. The molecule has 2 heterocycles. The largest absolute Gasteiger partial charge is 0.497 e. The zero-order valence-electron chi connectivity index (χ0n) is 14.5. The normalized spacial score (nSPS) is 16.2. The maximum atomic E-state index is 5.29. The summed E-state index contributed by atoms with van der Waals surface area (Å²) >= 11 is 0. The van der Waals surface area contributed by atoms with Crippen LogP contribution in [0.5, 0.6) is 5.75 Å². The molecule has 0 spiro atoms. The van der Waals surface area contributed by atoms with Gasteiger partial charge in [0.05, 0.1) is 7.11 Å². The Balaban J connectivity index is 1.54. The third kappa shape index (κ3) is 4.36. The summed E-state index contributed by atoms with van der Waals surface area (Å²) in [6, 6.07) is 14.4. The number of aromatic nitrogens is 1. The summed E-state index contributed by atoms with van der Waals surface area (Å²) in [7, 11) is 1.69. The number of pyridine rings is 1. The Morgan fingerprint density at radius 1 is 1.12 bits per heavy atom. The maximum absolute atomic E-state index is 5.29. The van der Waals surface area contributed by atoms with Crippen LogP contribution in [0.15, 0.2) is 54.2 Å². The first-order valence-corrected chi connectivity index (χ1v) is 8.44. The van der Waals surface area contributed by atoms with Crippen LogP contribution in [0.3, 0.4) is 0 Å². The molecule has 0 atom stereocenters. The second-order valence-electron chi connectivity index (χ2n) is 6.22. The number of rotatable bonds is 5. The molecule has 0 N–H and O–H groups in total. The predicted octanol–water partition coefficient (Wildman–Crippen LogP) is 3.32. The molecule has 126 valence electrons. The SMILES string of the molecule is COc1ccnc(N2CCN(CC(C)=Cc3ccccc3)CC2)c1. The van der Waals surface area contributed by atoms with Crippen LogP contribution in [0, 0.1) is 0 Å². The van der Waals surface area contributed by atoms with E-state index >= 15 is 0 Å². The Morgan fingerprint density at radius 3 is 2.58 bits per heavy atom. The second-order valence-corrected chi connectivity index (χ2v) is 6.22. The Kier molecular flexibility index (Phi) is 5.49. The molecular formula is C20H25N3O. The minimum Gasteiger partial charge on any atom is -0.497 e. The fourth-order valence-electron chi connectivity index (χ4n) is 3.07. The summed E-state index contributed by atoms with van der Waals surface area (Å²) in [6.45, 7) is 7.34. The van der Waals surface area contributed by atoms with Crippen LogP contribution in [0.2, 0.25) is 0 Å². The monoisotopic (exact) mass is 323 g/mol. The van der Waals surface area contributed by atoms with Crippen molar-refractivity contribution in [2.24, 2.45) is 0 Å². The molecule has 0 aliphatic carbocycles. The molecule has 1 aromatic carbocycles. The average Bonchev–Trinajstić information content (AvgIpc) is 2.63. The molecule has 0 unspecified atom stereocenters. The van der Waals surface area contributed by atoms with E-state index in [0.717, 1.165) is 44.3 Å². The first-order valence-electron chi connectivity index (χ1n) is 8.44. The first-order chi connectivity index (χ1) is 11.7. The van der Waals surface area contributed by atoms with E-state index in [1.54, 1.807) is 7.11 Å². The predicted molar refractivity (Wildman–Crippen MR) is 99.5 cm³/mol. The minimum atomic E-state index is 0.865. The third-order valence-electron chi connectivity index (χ3n) is 4.33. The van der Waals surface area contributed by atoms with Crippen molar-refractivity contribution in [2.75, 3.05) is 44.7 Å². The van der Waals surface area contributed by atoms with Crippen LogP contribution in [0.25, 0.3) is 6.08 Å². The highest BCUT2D eigenvalue weighted by Gasteiger charge is 2.18. The molecule has 0 saturated carbocycles. The van der Waals surface area contributed by atoms with Crippen molar-refractivity contribution >= 4 is 11.9 Å². The number of hydrogen-bond donors (Lipinski definition) is 0. The van der Waals surface area contributed by atoms with Crippen LogP contribution < -0.4 is 9.64 Å². The van der Waals surface area contributed by atoms with Gasteiger partial charge < -0.3 is 9.64 Å². The van der Waals surface area contributed by atoms with E-state index in [9.17, 15) is 0 Å². The van der Waals surface area contributed by atoms with Crippen LogP contribution in [0.1, 0.15) is 12.5 Å². The summed E-state index contributed by atoms with van der Waals surface area (Å²) in [4.78, 5) is 9.30. The molecule has 1 aliphatic rings. The van der Waals surface area contributed by atoms with E-state index in [-0.39, 0.29) is 0 Å². The molecule has 0 bridgehead atoms. The van der Waals surface area contributed by atoms with E-state index in [1.165, 1.54) is 11.1 Å². The van der Waals surface area contributed by atoms with Crippen molar-refractivity contribution < 1.29 is 4.74 Å². The summed E-state index contributed by atoms with van der Waals surface area (Å²) < 4.78 is 5.29. The van der Waals surface area contributed by atoms with Gasteiger partial charge in [-0.25, -0.2) is 4.98 Å². The van der Waals surface area contributed by atoms with Gasteiger partial charge in [-0.3, -0.25) is 4.90 Å². The molecule has 3 rings (SSSR count). The highest BCUT2D eigenvalue weighted by Crippen LogP contribution is 2.19. The molecule has 1 aromatic heterocycles. The van der Waals surface area contributed by atoms with Gasteiger partial charge in [-0.15, -0.1) is 0 Å². The van der Waals surface area contributed by atoms with Gasteiger partial charge in [0, 0.05) is 45.0 Å². The van der Waals surface area contributed by atoms with Crippen LogP contribution in [0.4, 0.5) is 5.82 Å². The lowest BCUT2D eigenvalue weighted by Gasteiger charge is -2.35. The molecule has 1 aliphatic heterocycles. The first kappa shape index (κ1) is 16.5. The highest BCUT2D eigenvalue weighted by molar-refractivity contribution is 5.52. The van der Waals surface area contributed by atoms with E-state index in [0.29, 0.717) is 0 Å². The highest BCUT2D eigenvalue weighted by atomic mass is 16.5. The van der Waals surface area contributed by atoms with Gasteiger partial charge in [-0.1, -0.05) is 42.0 Å². The van der Waals surface area contributed by atoms with Gasteiger partial charge in [-0.2, -0.15) is 0 Å². The summed E-state index contributed by atoms with van der Waals surface area (Å²) in [5.41, 5.74) is 2.67. The van der Waals surface area contributed by atoms with Crippen molar-refractivity contribution in [3.05, 3.63) is 59.8 Å². The molecule has 4 nitrogen and oxygen atoms in total. The van der Waals surface area contributed by atoms with Crippen LogP contribution in [-0.2, 0) is 0 Å². The fraction of sp³-hybridized carbons (Fsp3) is 0.350. The van der Waals surface area contributed by atoms with E-state index in [1.807, 2.05) is 18.3 Å². The minimum absolute atomic E-state index is 0.865. The standard InChI is InChI=1S/C20H25N3O/c1-17(14-18-6-4-3-5-7-18)16-22-10-12-23(13-11-22)20-15-19(24-2)8-9-21-20/h3-9,14-15H,10-13,16H2,1-2H3.